The van der Waals surface area contributed by atoms with E-state index in [9.17, 15) is 14.4 Å². The smallest absolute Gasteiger partial charge is 0.254 e. The first-order valence-electron chi connectivity index (χ1n) is 8.57. The highest BCUT2D eigenvalue weighted by molar-refractivity contribution is 6.11. The zero-order valence-corrected chi connectivity index (χ0v) is 14.7. The summed E-state index contributed by atoms with van der Waals surface area (Å²) in [7, 11) is 1.93. The van der Waals surface area contributed by atoms with Gasteiger partial charge in [0, 0.05) is 24.1 Å². The van der Waals surface area contributed by atoms with Gasteiger partial charge in [-0.15, -0.1) is 0 Å². The number of nitrogens with one attached hydrogen (secondary N) is 3. The molecule has 0 bridgehead atoms. The lowest BCUT2D eigenvalue weighted by Crippen LogP contribution is -2.43. The van der Waals surface area contributed by atoms with Crippen molar-refractivity contribution in [3.63, 3.8) is 0 Å². The Hall–Kier alpha value is -3.61. The molecular weight excluding hydrogens is 344 g/mol. The van der Waals surface area contributed by atoms with Crippen molar-refractivity contribution in [2.45, 2.75) is 12.5 Å². The van der Waals surface area contributed by atoms with Gasteiger partial charge in [0.15, 0.2) is 0 Å². The maximum atomic E-state index is 12.5. The molecule has 7 nitrogen and oxygen atoms in total. The molecule has 2 aromatic carbocycles. The number of rotatable bonds is 3. The van der Waals surface area contributed by atoms with Gasteiger partial charge in [-0.3, -0.25) is 14.4 Å². The van der Waals surface area contributed by atoms with Crippen molar-refractivity contribution in [3.05, 3.63) is 60.3 Å². The molecule has 0 spiro atoms. The Morgan fingerprint density at radius 2 is 1.93 bits per heavy atom. The summed E-state index contributed by atoms with van der Waals surface area (Å²) in [6.07, 6.45) is 1.76. The van der Waals surface area contributed by atoms with Crippen LogP contribution >= 0.6 is 0 Å². The van der Waals surface area contributed by atoms with E-state index in [1.54, 1.807) is 24.3 Å². The largest absolute Gasteiger partial charge is 0.350 e. The number of fused-ring (bicyclic) bond motifs is 2. The van der Waals surface area contributed by atoms with Gasteiger partial charge in [0.25, 0.3) is 5.91 Å². The minimum absolute atomic E-state index is 0.158. The average molecular weight is 362 g/mol. The summed E-state index contributed by atoms with van der Waals surface area (Å²) in [6.45, 7) is 0. The van der Waals surface area contributed by atoms with Crippen molar-refractivity contribution in [2.75, 3.05) is 10.6 Å². The second-order valence-electron chi connectivity index (χ2n) is 6.48. The van der Waals surface area contributed by atoms with E-state index in [-0.39, 0.29) is 18.2 Å². The van der Waals surface area contributed by atoms with Crippen molar-refractivity contribution in [1.29, 1.82) is 0 Å². The van der Waals surface area contributed by atoms with E-state index in [4.69, 9.17) is 0 Å². The minimum atomic E-state index is -0.945. The highest BCUT2D eigenvalue weighted by atomic mass is 16.2. The number of aromatic nitrogens is 1. The number of benzene rings is 2. The molecule has 0 saturated heterocycles. The summed E-state index contributed by atoms with van der Waals surface area (Å²) in [4.78, 5) is 37.3. The van der Waals surface area contributed by atoms with Gasteiger partial charge >= 0.3 is 0 Å². The van der Waals surface area contributed by atoms with Crippen LogP contribution in [0.5, 0.6) is 0 Å². The van der Waals surface area contributed by atoms with Crippen LogP contribution in [0.4, 0.5) is 11.4 Å². The van der Waals surface area contributed by atoms with Gasteiger partial charge < -0.3 is 20.5 Å². The third kappa shape index (κ3) is 3.15. The Kier molecular flexibility index (Phi) is 4.12. The van der Waals surface area contributed by atoms with Crippen molar-refractivity contribution in [2.24, 2.45) is 7.05 Å². The molecule has 0 aliphatic carbocycles. The summed E-state index contributed by atoms with van der Waals surface area (Å²) < 4.78 is 1.96. The fourth-order valence-electron chi connectivity index (χ4n) is 3.25. The second kappa shape index (κ2) is 6.60. The zero-order valence-electron chi connectivity index (χ0n) is 14.7. The lowest BCUT2D eigenvalue weighted by molar-refractivity contribution is -0.122. The molecule has 1 atom stereocenters. The van der Waals surface area contributed by atoms with E-state index < -0.39 is 11.9 Å². The lowest BCUT2D eigenvalue weighted by Gasteiger charge is -2.14. The molecule has 0 radical (unpaired) electrons. The normalized spacial score (nSPS) is 16.3. The molecule has 3 amide bonds. The van der Waals surface area contributed by atoms with Gasteiger partial charge in [0.2, 0.25) is 11.8 Å². The van der Waals surface area contributed by atoms with Crippen LogP contribution in [0.3, 0.4) is 0 Å². The maximum absolute atomic E-state index is 12.5. The molecule has 4 rings (SSSR count). The van der Waals surface area contributed by atoms with Crippen LogP contribution in [-0.4, -0.2) is 28.3 Å². The number of nitrogens with zero attached hydrogens (tertiary/aromatic N) is 1. The Labute approximate surface area is 155 Å². The first-order valence-corrected chi connectivity index (χ1v) is 8.57. The van der Waals surface area contributed by atoms with E-state index in [1.807, 2.05) is 42.1 Å². The molecule has 1 unspecified atom stereocenters. The quantitative estimate of drug-likeness (QED) is 0.667. The highest BCUT2D eigenvalue weighted by Crippen LogP contribution is 2.24. The molecule has 3 N–H and O–H groups in total. The number of amides is 3. The Morgan fingerprint density at radius 1 is 1.11 bits per heavy atom. The van der Waals surface area contributed by atoms with Crippen molar-refractivity contribution >= 4 is 40.0 Å². The molecular formula is C20H18N4O3. The SMILES string of the molecule is Cn1ccc2c(NC(=O)CC3NC(=O)c4ccccc4NC3=O)cccc21. The molecule has 1 aromatic heterocycles. The summed E-state index contributed by atoms with van der Waals surface area (Å²) in [5, 5.41) is 9.08. The number of hydrogen-bond acceptors (Lipinski definition) is 3. The molecule has 1 aliphatic heterocycles. The Bertz CT molecular complexity index is 1070. The minimum Gasteiger partial charge on any atom is -0.350 e. The molecule has 136 valence electrons. The van der Waals surface area contributed by atoms with Crippen LogP contribution in [0.1, 0.15) is 16.8 Å². The summed E-state index contributed by atoms with van der Waals surface area (Å²) in [5.41, 5.74) is 2.48. The topological polar surface area (TPSA) is 92.2 Å². The van der Waals surface area contributed by atoms with Crippen LogP contribution in [0.2, 0.25) is 0 Å². The third-order valence-electron chi connectivity index (χ3n) is 4.64. The molecule has 2 heterocycles. The third-order valence-corrected chi connectivity index (χ3v) is 4.64. The Balaban J connectivity index is 1.51. The first kappa shape index (κ1) is 16.8. The first-order chi connectivity index (χ1) is 13.0. The zero-order chi connectivity index (χ0) is 19.0. The van der Waals surface area contributed by atoms with Gasteiger partial charge in [-0.25, -0.2) is 0 Å². The number of aryl methyl sites for hydroxylation is 1. The molecule has 7 heteroatoms. The molecule has 3 aromatic rings. The van der Waals surface area contributed by atoms with E-state index in [1.165, 1.54) is 0 Å². The van der Waals surface area contributed by atoms with Gasteiger partial charge in [-0.05, 0) is 30.3 Å². The number of anilines is 2. The number of para-hydroxylation sites is 1. The van der Waals surface area contributed by atoms with Gasteiger partial charge in [0.05, 0.1) is 23.4 Å². The van der Waals surface area contributed by atoms with Crippen molar-refractivity contribution in [1.82, 2.24) is 9.88 Å². The van der Waals surface area contributed by atoms with E-state index in [0.29, 0.717) is 16.9 Å². The number of carbonyl (C=O) groups is 3. The molecule has 0 saturated carbocycles. The van der Waals surface area contributed by atoms with E-state index >= 15 is 0 Å². The number of carbonyl (C=O) groups excluding carboxylic acids is 3. The highest BCUT2D eigenvalue weighted by Gasteiger charge is 2.29. The van der Waals surface area contributed by atoms with E-state index in [2.05, 4.69) is 16.0 Å². The van der Waals surface area contributed by atoms with Gasteiger partial charge in [0.1, 0.15) is 6.04 Å². The second-order valence-corrected chi connectivity index (χ2v) is 6.48. The predicted molar refractivity (Wildman–Crippen MR) is 102 cm³/mol. The molecule has 27 heavy (non-hydrogen) atoms. The van der Waals surface area contributed by atoms with Gasteiger partial charge in [-0.2, -0.15) is 0 Å². The summed E-state index contributed by atoms with van der Waals surface area (Å²) >= 11 is 0. The van der Waals surface area contributed by atoms with Crippen LogP contribution in [-0.2, 0) is 16.6 Å². The Morgan fingerprint density at radius 3 is 2.78 bits per heavy atom. The maximum Gasteiger partial charge on any atom is 0.254 e. The standard InChI is InChI=1S/C20H18N4O3/c1-24-10-9-12-14(7-4-8-17(12)24)21-18(25)11-16-20(27)22-15-6-3-2-5-13(15)19(26)23-16/h2-10,16H,11H2,1H3,(H,21,25)(H,22,27)(H,23,26). The summed E-state index contributed by atoms with van der Waals surface area (Å²) in [6, 6.07) is 13.3. The van der Waals surface area contributed by atoms with Crippen molar-refractivity contribution in [3.8, 4) is 0 Å². The van der Waals surface area contributed by atoms with Crippen molar-refractivity contribution < 1.29 is 14.4 Å². The fourth-order valence-corrected chi connectivity index (χ4v) is 3.25. The summed E-state index contributed by atoms with van der Waals surface area (Å²) in [5.74, 6) is -1.15. The fraction of sp³-hybridized carbons (Fsp3) is 0.150. The van der Waals surface area contributed by atoms with Crippen LogP contribution in [0, 0.1) is 0 Å². The number of hydrogen-bond donors (Lipinski definition) is 3. The monoisotopic (exact) mass is 362 g/mol. The average Bonchev–Trinajstić information content (AvgIpc) is 2.98. The predicted octanol–water partition coefficient (Wildman–Crippen LogP) is 2.26. The molecule has 1 aliphatic rings. The van der Waals surface area contributed by atoms with Crippen LogP contribution in [0.25, 0.3) is 10.9 Å². The molecule has 0 fully saturated rings. The lowest BCUT2D eigenvalue weighted by atomic mass is 10.1. The van der Waals surface area contributed by atoms with Crippen LogP contribution < -0.4 is 16.0 Å². The van der Waals surface area contributed by atoms with Gasteiger partial charge in [-0.1, -0.05) is 18.2 Å². The van der Waals surface area contributed by atoms with E-state index in [0.717, 1.165) is 10.9 Å². The van der Waals surface area contributed by atoms with Crippen LogP contribution in [0.15, 0.2) is 54.7 Å².